The SMILES string of the molecule is CC1(C)OB(C(F)=C2CCOC3(CCSC3)C2)OC1(C)C. The number of hydrogen-bond donors (Lipinski definition) is 0. The number of hydrogen-bond acceptors (Lipinski definition) is 4. The second-order valence-electron chi connectivity index (χ2n) is 7.30. The summed E-state index contributed by atoms with van der Waals surface area (Å²) in [6.07, 6.45) is 2.33. The molecule has 3 saturated heterocycles. The maximum Gasteiger partial charge on any atom is 0.525 e. The Balaban J connectivity index is 1.79. The van der Waals surface area contributed by atoms with E-state index in [1.165, 1.54) is 0 Å². The smallest absolute Gasteiger partial charge is 0.398 e. The summed E-state index contributed by atoms with van der Waals surface area (Å²) < 4.78 is 32.5. The molecule has 21 heavy (non-hydrogen) atoms. The number of ether oxygens (including phenoxy) is 1. The third kappa shape index (κ3) is 2.80. The minimum absolute atomic E-state index is 0.154. The average molecular weight is 314 g/mol. The highest BCUT2D eigenvalue weighted by atomic mass is 32.2. The van der Waals surface area contributed by atoms with Crippen molar-refractivity contribution < 1.29 is 18.4 Å². The van der Waals surface area contributed by atoms with Gasteiger partial charge in [0.2, 0.25) is 0 Å². The summed E-state index contributed by atoms with van der Waals surface area (Å²) in [6.45, 7) is 8.39. The molecule has 1 atom stereocenters. The van der Waals surface area contributed by atoms with Crippen LogP contribution in [0.4, 0.5) is 4.39 Å². The van der Waals surface area contributed by atoms with Gasteiger partial charge >= 0.3 is 7.12 Å². The van der Waals surface area contributed by atoms with Crippen molar-refractivity contribution in [3.8, 4) is 0 Å². The van der Waals surface area contributed by atoms with Gasteiger partial charge in [0, 0.05) is 12.2 Å². The van der Waals surface area contributed by atoms with Crippen molar-refractivity contribution >= 4 is 18.9 Å². The van der Waals surface area contributed by atoms with Gasteiger partial charge in [-0.3, -0.25) is 0 Å². The van der Waals surface area contributed by atoms with Gasteiger partial charge in [0.15, 0.2) is 0 Å². The van der Waals surface area contributed by atoms with Crippen LogP contribution in [-0.2, 0) is 14.0 Å². The zero-order valence-electron chi connectivity index (χ0n) is 13.3. The van der Waals surface area contributed by atoms with Crippen LogP contribution in [0.15, 0.2) is 11.3 Å². The van der Waals surface area contributed by atoms with Crippen molar-refractivity contribution in [2.24, 2.45) is 0 Å². The molecule has 0 aliphatic carbocycles. The van der Waals surface area contributed by atoms with Crippen molar-refractivity contribution in [2.45, 2.75) is 63.8 Å². The quantitative estimate of drug-likeness (QED) is 0.692. The van der Waals surface area contributed by atoms with Crippen molar-refractivity contribution in [1.82, 2.24) is 0 Å². The molecule has 3 aliphatic rings. The van der Waals surface area contributed by atoms with Crippen molar-refractivity contribution in [3.05, 3.63) is 11.3 Å². The standard InChI is InChI=1S/C15H24BFO3S/c1-13(2)14(3,4)20-16(19-13)12(17)11-5-7-18-15(9-11)6-8-21-10-15/h5-10H2,1-4H3. The first kappa shape index (κ1) is 15.8. The van der Waals surface area contributed by atoms with E-state index in [1.807, 2.05) is 39.5 Å². The molecule has 1 spiro atoms. The topological polar surface area (TPSA) is 27.7 Å². The van der Waals surface area contributed by atoms with E-state index in [9.17, 15) is 4.39 Å². The Hall–Kier alpha value is -0.0351. The first-order chi connectivity index (χ1) is 9.75. The lowest BCUT2D eigenvalue weighted by Crippen LogP contribution is -2.41. The highest BCUT2D eigenvalue weighted by molar-refractivity contribution is 7.99. The van der Waals surface area contributed by atoms with Crippen LogP contribution in [0.2, 0.25) is 0 Å². The molecule has 0 radical (unpaired) electrons. The Kier molecular flexibility index (Phi) is 3.97. The zero-order chi connectivity index (χ0) is 15.3. The fraction of sp³-hybridized carbons (Fsp3) is 0.867. The summed E-state index contributed by atoms with van der Waals surface area (Å²) in [4.78, 5) is 0. The van der Waals surface area contributed by atoms with E-state index < -0.39 is 18.3 Å². The molecule has 6 heteroatoms. The largest absolute Gasteiger partial charge is 0.525 e. The molecule has 3 nitrogen and oxygen atoms in total. The predicted molar refractivity (Wildman–Crippen MR) is 84.1 cm³/mol. The molecule has 0 aromatic heterocycles. The molecule has 0 saturated carbocycles. The van der Waals surface area contributed by atoms with Crippen molar-refractivity contribution in [2.75, 3.05) is 18.1 Å². The molecule has 0 bridgehead atoms. The maximum absolute atomic E-state index is 14.9. The Bertz CT molecular complexity index is 442. The van der Waals surface area contributed by atoms with Gasteiger partial charge in [0.25, 0.3) is 0 Å². The van der Waals surface area contributed by atoms with E-state index >= 15 is 0 Å². The first-order valence-corrected chi connectivity index (χ1v) is 8.85. The predicted octanol–water partition coefficient (Wildman–Crippen LogP) is 3.53. The van der Waals surface area contributed by atoms with E-state index in [1.54, 1.807) is 0 Å². The van der Waals surface area contributed by atoms with Crippen LogP contribution in [0.1, 0.15) is 47.0 Å². The summed E-state index contributed by atoms with van der Waals surface area (Å²) in [5.74, 6) is 2.07. The van der Waals surface area contributed by atoms with Crippen molar-refractivity contribution in [3.63, 3.8) is 0 Å². The second-order valence-corrected chi connectivity index (χ2v) is 8.41. The fourth-order valence-electron chi connectivity index (χ4n) is 3.08. The molecule has 0 aromatic rings. The van der Waals surface area contributed by atoms with E-state index in [4.69, 9.17) is 14.0 Å². The van der Waals surface area contributed by atoms with Crippen molar-refractivity contribution in [1.29, 1.82) is 0 Å². The minimum atomic E-state index is -0.866. The molecule has 0 N–H and O–H groups in total. The van der Waals surface area contributed by atoms with Gasteiger partial charge in [-0.1, -0.05) is 0 Å². The Morgan fingerprint density at radius 2 is 1.86 bits per heavy atom. The summed E-state index contributed by atoms with van der Waals surface area (Å²) in [5, 5.41) is 0. The molecule has 3 aliphatic heterocycles. The molecule has 0 amide bonds. The third-order valence-corrected chi connectivity index (χ3v) is 6.44. The van der Waals surface area contributed by atoms with Crippen LogP contribution in [0, 0.1) is 0 Å². The van der Waals surface area contributed by atoms with Gasteiger partial charge in [0.05, 0.1) is 23.4 Å². The molecule has 118 valence electrons. The lowest BCUT2D eigenvalue weighted by Gasteiger charge is -2.34. The second kappa shape index (κ2) is 5.26. The lowest BCUT2D eigenvalue weighted by atomic mass is 9.79. The summed E-state index contributed by atoms with van der Waals surface area (Å²) >= 11 is 1.89. The van der Waals surface area contributed by atoms with Crippen LogP contribution in [0.5, 0.6) is 0 Å². The van der Waals surface area contributed by atoms with E-state index in [0.29, 0.717) is 19.4 Å². The van der Waals surface area contributed by atoms with Gasteiger partial charge in [-0.25, -0.2) is 4.39 Å². The number of thioether (sulfide) groups is 1. The van der Waals surface area contributed by atoms with Gasteiger partial charge in [-0.2, -0.15) is 11.8 Å². The van der Waals surface area contributed by atoms with E-state index in [-0.39, 0.29) is 11.3 Å². The monoisotopic (exact) mass is 314 g/mol. The maximum atomic E-state index is 14.9. The molecule has 3 fully saturated rings. The third-order valence-electron chi connectivity index (χ3n) is 5.21. The molecule has 1 unspecified atom stereocenters. The summed E-state index contributed by atoms with van der Waals surface area (Å²) in [6, 6.07) is 0. The average Bonchev–Trinajstić information content (AvgIpc) is 2.92. The zero-order valence-corrected chi connectivity index (χ0v) is 14.1. The van der Waals surface area contributed by atoms with Crippen LogP contribution in [-0.4, -0.2) is 42.0 Å². The Labute approximate surface area is 131 Å². The van der Waals surface area contributed by atoms with Gasteiger partial charge in [0.1, 0.15) is 5.73 Å². The summed E-state index contributed by atoms with van der Waals surface area (Å²) in [7, 11) is -0.866. The first-order valence-electron chi connectivity index (χ1n) is 7.70. The Morgan fingerprint density at radius 1 is 1.19 bits per heavy atom. The van der Waals surface area contributed by atoms with Gasteiger partial charge in [-0.15, -0.1) is 0 Å². The molecule has 3 rings (SSSR count). The Morgan fingerprint density at radius 3 is 2.43 bits per heavy atom. The van der Waals surface area contributed by atoms with Crippen LogP contribution in [0.3, 0.4) is 0 Å². The number of halogens is 1. The highest BCUT2D eigenvalue weighted by Crippen LogP contribution is 2.44. The highest BCUT2D eigenvalue weighted by Gasteiger charge is 2.54. The fourth-order valence-corrected chi connectivity index (χ4v) is 4.44. The van der Waals surface area contributed by atoms with Crippen LogP contribution >= 0.6 is 11.8 Å². The lowest BCUT2D eigenvalue weighted by molar-refractivity contribution is -0.0420. The van der Waals surface area contributed by atoms with Crippen LogP contribution in [0.25, 0.3) is 0 Å². The molecule has 3 heterocycles. The minimum Gasteiger partial charge on any atom is -0.398 e. The van der Waals surface area contributed by atoms with Gasteiger partial charge < -0.3 is 14.0 Å². The normalized spacial score (nSPS) is 37.3. The molecular weight excluding hydrogens is 290 g/mol. The van der Waals surface area contributed by atoms with E-state index in [2.05, 4.69) is 0 Å². The van der Waals surface area contributed by atoms with Crippen LogP contribution < -0.4 is 0 Å². The molecule has 0 aromatic carbocycles. The molecular formula is C15H24BFO3S. The summed E-state index contributed by atoms with van der Waals surface area (Å²) in [5.41, 5.74) is -0.557. The van der Waals surface area contributed by atoms with E-state index in [0.717, 1.165) is 23.5 Å². The number of rotatable bonds is 1. The van der Waals surface area contributed by atoms with Gasteiger partial charge in [-0.05, 0) is 51.9 Å².